The molecule has 12 rings (SSSR count). The van der Waals surface area contributed by atoms with Crippen molar-refractivity contribution in [3.8, 4) is 73.1 Å². The van der Waals surface area contributed by atoms with Crippen molar-refractivity contribution < 1.29 is 4.57 Å². The summed E-state index contributed by atoms with van der Waals surface area (Å²) in [6, 6.07) is 78.6. The number of nitrogens with zero attached hydrogens (tertiary/aromatic N) is 4. The minimum atomic E-state index is -2.38. The summed E-state index contributed by atoms with van der Waals surface area (Å²) >= 11 is 0. The molecule has 0 aliphatic rings. The van der Waals surface area contributed by atoms with Crippen molar-refractivity contribution in [3.63, 3.8) is 0 Å². The highest BCUT2D eigenvalue weighted by Gasteiger charge is 2.21. The first kappa shape index (κ1) is 40.3. The van der Waals surface area contributed by atoms with Gasteiger partial charge in [0.15, 0.2) is 5.82 Å². The summed E-state index contributed by atoms with van der Waals surface area (Å²) in [5, 5.41) is 6.72. The van der Waals surface area contributed by atoms with Crippen LogP contribution in [0.25, 0.3) is 117 Å². The van der Waals surface area contributed by atoms with Gasteiger partial charge in [-0.3, -0.25) is 0 Å². The van der Waals surface area contributed by atoms with Crippen molar-refractivity contribution >= 4 is 55.9 Å². The second kappa shape index (κ2) is 16.3. The summed E-state index contributed by atoms with van der Waals surface area (Å²) in [5.74, 6) is 0.646. The molecule has 0 spiro atoms. The van der Waals surface area contributed by atoms with Gasteiger partial charge in [-0.05, 0) is 65.7 Å². The van der Waals surface area contributed by atoms with E-state index < -0.39 is 7.14 Å². The molecule has 0 bridgehead atoms. The van der Waals surface area contributed by atoms with Gasteiger partial charge in [0, 0.05) is 60.4 Å². The average molecular weight is 879 g/mol. The highest BCUT2D eigenvalue weighted by Crippen LogP contribution is 2.44. The Balaban J connectivity index is 0.933. The third-order valence-corrected chi connectivity index (χ3v) is 14.5. The molecule has 3 heterocycles. The van der Waals surface area contributed by atoms with Gasteiger partial charge in [0.25, 0.3) is 0 Å². The molecule has 0 saturated carbocycles. The zero-order valence-electron chi connectivity index (χ0n) is 37.0. The SMILES string of the molecule is CP(C)(=O)c1ccc(-c2cc(-c3ccccc3)nc(-c3ccc(-c4ccc(-c5cccc6c5nc(-c5ccccc5)c5c6ccc6c5c5ccccc5n6-c5ccccc5)cc4)cc3)n2)cc1. The number of pyridine rings is 1. The number of para-hydroxylation sites is 3. The molecule has 67 heavy (non-hydrogen) atoms. The van der Waals surface area contributed by atoms with Crippen LogP contribution in [0.15, 0.2) is 224 Å². The van der Waals surface area contributed by atoms with Crippen LogP contribution in [0, 0.1) is 0 Å². The molecule has 0 radical (unpaired) electrons. The Morgan fingerprint density at radius 3 is 1.58 bits per heavy atom. The molecular formula is C61H43N4OP. The van der Waals surface area contributed by atoms with Gasteiger partial charge in [-0.15, -0.1) is 0 Å². The van der Waals surface area contributed by atoms with E-state index in [0.717, 1.165) is 94.4 Å². The Kier molecular flexibility index (Phi) is 9.82. The lowest BCUT2D eigenvalue weighted by atomic mass is 9.93. The van der Waals surface area contributed by atoms with Gasteiger partial charge in [0.05, 0.1) is 33.6 Å². The average Bonchev–Trinajstić information content (AvgIpc) is 3.73. The van der Waals surface area contributed by atoms with Crippen molar-refractivity contribution in [1.29, 1.82) is 0 Å². The van der Waals surface area contributed by atoms with Crippen LogP contribution in [0.4, 0.5) is 0 Å². The van der Waals surface area contributed by atoms with Crippen LogP contribution in [0.1, 0.15) is 0 Å². The van der Waals surface area contributed by atoms with Crippen molar-refractivity contribution in [1.82, 2.24) is 19.5 Å². The number of fused-ring (bicyclic) bond motifs is 7. The lowest BCUT2D eigenvalue weighted by Crippen LogP contribution is -2.02. The number of rotatable bonds is 8. The fraction of sp³-hybridized carbons (Fsp3) is 0.0328. The molecular weight excluding hydrogens is 836 g/mol. The minimum absolute atomic E-state index is 0.646. The van der Waals surface area contributed by atoms with Crippen LogP contribution in [0.2, 0.25) is 0 Å². The largest absolute Gasteiger partial charge is 0.319 e. The topological polar surface area (TPSA) is 60.7 Å². The Morgan fingerprint density at radius 1 is 0.388 bits per heavy atom. The van der Waals surface area contributed by atoms with E-state index in [4.69, 9.17) is 15.0 Å². The van der Waals surface area contributed by atoms with Gasteiger partial charge in [-0.2, -0.15) is 0 Å². The standard InChI is InChI=1S/C61H43N4OP/c1-67(2,66)48-35-33-44(34-36-48)54-39-53(43-15-6-3-7-16-43)62-61(63-54)46-31-27-41(28-32-46)40-25-29-42(30-26-40)49-22-14-23-51-50-37-38-56-57(58(50)59(64-60(49)51)45-17-8-4-9-18-45)52-21-12-13-24-55(52)65(56)47-19-10-5-11-20-47/h3-39H,1-2H3. The highest BCUT2D eigenvalue weighted by molar-refractivity contribution is 7.70. The predicted octanol–water partition coefficient (Wildman–Crippen LogP) is 15.5. The zero-order chi connectivity index (χ0) is 45.1. The molecule has 0 saturated heterocycles. The van der Waals surface area contributed by atoms with Crippen molar-refractivity contribution in [2.45, 2.75) is 0 Å². The lowest BCUT2D eigenvalue weighted by molar-refractivity contribution is 0.588. The Labute approximate surface area is 389 Å². The maximum Gasteiger partial charge on any atom is 0.160 e. The Bertz CT molecular complexity index is 3860. The third-order valence-electron chi connectivity index (χ3n) is 12.9. The normalized spacial score (nSPS) is 11.8. The quantitative estimate of drug-likeness (QED) is 0.113. The summed E-state index contributed by atoms with van der Waals surface area (Å²) in [6.07, 6.45) is 0. The second-order valence-electron chi connectivity index (χ2n) is 17.5. The minimum Gasteiger partial charge on any atom is -0.319 e. The molecule has 0 unspecified atom stereocenters. The molecule has 5 nitrogen and oxygen atoms in total. The number of benzene rings is 9. The smallest absolute Gasteiger partial charge is 0.160 e. The molecule has 9 aromatic carbocycles. The Morgan fingerprint density at radius 2 is 0.925 bits per heavy atom. The highest BCUT2D eigenvalue weighted by atomic mass is 31.2. The number of hydrogen-bond donors (Lipinski definition) is 0. The van der Waals surface area contributed by atoms with Crippen molar-refractivity contribution in [3.05, 3.63) is 224 Å². The van der Waals surface area contributed by atoms with E-state index in [1.165, 1.54) is 21.7 Å². The molecule has 6 heteroatoms. The predicted molar refractivity (Wildman–Crippen MR) is 281 cm³/mol. The summed E-state index contributed by atoms with van der Waals surface area (Å²) in [6.45, 7) is 3.59. The van der Waals surface area contributed by atoms with Gasteiger partial charge in [0.2, 0.25) is 0 Å². The molecule has 318 valence electrons. The van der Waals surface area contributed by atoms with E-state index >= 15 is 0 Å². The van der Waals surface area contributed by atoms with E-state index in [1.807, 2.05) is 48.5 Å². The van der Waals surface area contributed by atoms with Gasteiger partial charge >= 0.3 is 0 Å². The third kappa shape index (κ3) is 7.22. The molecule has 0 aliphatic heterocycles. The van der Waals surface area contributed by atoms with E-state index in [2.05, 4.69) is 180 Å². The monoisotopic (exact) mass is 878 g/mol. The lowest BCUT2D eigenvalue weighted by Gasteiger charge is -2.15. The van der Waals surface area contributed by atoms with Gasteiger partial charge < -0.3 is 9.13 Å². The maximum atomic E-state index is 12.8. The summed E-state index contributed by atoms with van der Waals surface area (Å²) < 4.78 is 15.1. The molecule has 0 atom stereocenters. The first-order valence-corrected chi connectivity index (χ1v) is 25.2. The van der Waals surface area contributed by atoms with E-state index in [9.17, 15) is 4.57 Å². The second-order valence-corrected chi connectivity index (χ2v) is 20.7. The number of hydrogen-bond acceptors (Lipinski definition) is 4. The molecule has 12 aromatic rings. The van der Waals surface area contributed by atoms with Crippen LogP contribution in [-0.2, 0) is 4.57 Å². The van der Waals surface area contributed by atoms with Gasteiger partial charge in [-0.25, -0.2) is 15.0 Å². The molecule has 0 aliphatic carbocycles. The first-order valence-electron chi connectivity index (χ1n) is 22.6. The van der Waals surface area contributed by atoms with Gasteiger partial charge in [0.1, 0.15) is 7.14 Å². The van der Waals surface area contributed by atoms with Crippen LogP contribution in [0.5, 0.6) is 0 Å². The van der Waals surface area contributed by atoms with Crippen LogP contribution in [-0.4, -0.2) is 32.8 Å². The van der Waals surface area contributed by atoms with E-state index in [-0.39, 0.29) is 0 Å². The summed E-state index contributed by atoms with van der Waals surface area (Å²) in [7, 11) is -2.38. The van der Waals surface area contributed by atoms with Gasteiger partial charge in [-0.1, -0.05) is 194 Å². The van der Waals surface area contributed by atoms with Crippen LogP contribution in [0.3, 0.4) is 0 Å². The molecule has 0 amide bonds. The number of aromatic nitrogens is 4. The summed E-state index contributed by atoms with van der Waals surface area (Å²) in [5.41, 5.74) is 15.4. The summed E-state index contributed by atoms with van der Waals surface area (Å²) in [4.78, 5) is 15.8. The molecule has 0 fully saturated rings. The zero-order valence-corrected chi connectivity index (χ0v) is 37.9. The van der Waals surface area contributed by atoms with E-state index in [0.29, 0.717) is 5.82 Å². The van der Waals surface area contributed by atoms with Crippen molar-refractivity contribution in [2.24, 2.45) is 0 Å². The fourth-order valence-electron chi connectivity index (χ4n) is 9.60. The molecule has 0 N–H and O–H groups in total. The van der Waals surface area contributed by atoms with Crippen molar-refractivity contribution in [2.75, 3.05) is 13.3 Å². The Hall–Kier alpha value is -8.24. The molecule has 3 aromatic heterocycles. The maximum absolute atomic E-state index is 12.8. The van der Waals surface area contributed by atoms with E-state index in [1.54, 1.807) is 13.3 Å². The van der Waals surface area contributed by atoms with Crippen LogP contribution >= 0.6 is 7.14 Å². The first-order chi connectivity index (χ1) is 32.9. The van der Waals surface area contributed by atoms with Crippen LogP contribution < -0.4 is 5.30 Å². The fourth-order valence-corrected chi connectivity index (χ4v) is 10.5.